The van der Waals surface area contributed by atoms with Crippen molar-refractivity contribution in [2.45, 2.75) is 45.3 Å². The predicted molar refractivity (Wildman–Crippen MR) is 74.8 cm³/mol. The van der Waals surface area contributed by atoms with E-state index in [2.05, 4.69) is 6.92 Å². The van der Waals surface area contributed by atoms with Crippen LogP contribution in [0.2, 0.25) is 6.32 Å². The second kappa shape index (κ2) is 9.00. The molecule has 0 bridgehead atoms. The molecule has 4 heteroatoms. The Kier molecular flexibility index (Phi) is 7.54. The van der Waals surface area contributed by atoms with Crippen molar-refractivity contribution in [3.05, 3.63) is 29.8 Å². The van der Waals surface area contributed by atoms with Crippen LogP contribution in [0.1, 0.15) is 38.2 Å². The van der Waals surface area contributed by atoms with E-state index in [4.69, 9.17) is 14.8 Å². The van der Waals surface area contributed by atoms with Crippen LogP contribution in [0.25, 0.3) is 0 Å². The van der Waals surface area contributed by atoms with Gasteiger partial charge in [-0.05, 0) is 36.9 Å². The highest BCUT2D eigenvalue weighted by Crippen LogP contribution is 2.14. The molecule has 18 heavy (non-hydrogen) atoms. The fourth-order valence-electron chi connectivity index (χ4n) is 1.77. The van der Waals surface area contributed by atoms with Crippen LogP contribution in [-0.2, 0) is 6.42 Å². The van der Waals surface area contributed by atoms with E-state index in [1.807, 2.05) is 24.3 Å². The number of aryl methyl sites for hydroxylation is 1. The third kappa shape index (κ3) is 6.67. The zero-order valence-corrected chi connectivity index (χ0v) is 11.1. The van der Waals surface area contributed by atoms with Crippen molar-refractivity contribution in [1.29, 1.82) is 0 Å². The number of benzene rings is 1. The molecule has 0 saturated carbocycles. The molecule has 0 amide bonds. The van der Waals surface area contributed by atoms with Gasteiger partial charge in [0.1, 0.15) is 5.75 Å². The maximum absolute atomic E-state index is 8.79. The van der Waals surface area contributed by atoms with Crippen LogP contribution in [-0.4, -0.2) is 23.8 Å². The Balaban J connectivity index is 2.23. The summed E-state index contributed by atoms with van der Waals surface area (Å²) in [5.41, 5.74) is 1.10. The second-order valence-electron chi connectivity index (χ2n) is 4.57. The molecule has 0 aromatic heterocycles. The van der Waals surface area contributed by atoms with Crippen LogP contribution in [0.3, 0.4) is 0 Å². The van der Waals surface area contributed by atoms with Crippen LogP contribution < -0.4 is 4.74 Å². The predicted octanol–water partition coefficient (Wildman–Crippen LogP) is 2.66. The van der Waals surface area contributed by atoms with Gasteiger partial charge in [-0.25, -0.2) is 0 Å². The molecule has 0 saturated heterocycles. The highest BCUT2D eigenvalue weighted by Gasteiger charge is 2.06. The molecule has 0 aliphatic heterocycles. The average molecular weight is 250 g/mol. The Morgan fingerprint density at radius 1 is 1.06 bits per heavy atom. The fourth-order valence-corrected chi connectivity index (χ4v) is 1.77. The molecule has 0 aliphatic carbocycles. The summed E-state index contributed by atoms with van der Waals surface area (Å²) in [7, 11) is -1.22. The topological polar surface area (TPSA) is 49.7 Å². The second-order valence-corrected chi connectivity index (χ2v) is 4.57. The van der Waals surface area contributed by atoms with E-state index in [0.717, 1.165) is 24.3 Å². The first-order chi connectivity index (χ1) is 8.72. The van der Waals surface area contributed by atoms with E-state index >= 15 is 0 Å². The standard InChI is InChI=1S/C14H23BO3/c1-2-3-4-5-12-18-14-8-6-13(7-9-14)10-11-15(16)17/h6-9,16-17H,2-5,10-12H2,1H3. The molecule has 1 aromatic carbocycles. The van der Waals surface area contributed by atoms with E-state index < -0.39 is 7.12 Å². The van der Waals surface area contributed by atoms with Crippen LogP contribution in [0, 0.1) is 0 Å². The summed E-state index contributed by atoms with van der Waals surface area (Å²) in [5, 5.41) is 17.6. The zero-order chi connectivity index (χ0) is 13.2. The number of unbranched alkanes of at least 4 members (excludes halogenated alkanes) is 3. The maximum Gasteiger partial charge on any atom is 0.451 e. The third-order valence-electron chi connectivity index (χ3n) is 2.88. The van der Waals surface area contributed by atoms with Crippen molar-refractivity contribution >= 4 is 7.12 Å². The highest BCUT2D eigenvalue weighted by atomic mass is 16.5. The van der Waals surface area contributed by atoms with Crippen molar-refractivity contribution in [3.63, 3.8) is 0 Å². The van der Waals surface area contributed by atoms with E-state index in [-0.39, 0.29) is 0 Å². The van der Waals surface area contributed by atoms with Crippen molar-refractivity contribution in [2.75, 3.05) is 6.61 Å². The van der Waals surface area contributed by atoms with Crippen molar-refractivity contribution in [2.24, 2.45) is 0 Å². The van der Waals surface area contributed by atoms with Crippen LogP contribution >= 0.6 is 0 Å². The smallest absolute Gasteiger partial charge is 0.451 e. The molecular weight excluding hydrogens is 227 g/mol. The molecule has 0 atom stereocenters. The Hall–Kier alpha value is -0.995. The van der Waals surface area contributed by atoms with Gasteiger partial charge < -0.3 is 14.8 Å². The zero-order valence-electron chi connectivity index (χ0n) is 11.1. The molecule has 0 radical (unpaired) electrons. The summed E-state index contributed by atoms with van der Waals surface area (Å²) in [6.07, 6.45) is 5.89. The van der Waals surface area contributed by atoms with Gasteiger partial charge in [-0.15, -0.1) is 0 Å². The summed E-state index contributed by atoms with van der Waals surface area (Å²) < 4.78 is 5.63. The van der Waals surface area contributed by atoms with Gasteiger partial charge in [-0.3, -0.25) is 0 Å². The minimum absolute atomic E-state index is 0.372. The molecule has 100 valence electrons. The highest BCUT2D eigenvalue weighted by molar-refractivity contribution is 6.40. The molecule has 2 N–H and O–H groups in total. The molecule has 3 nitrogen and oxygen atoms in total. The SMILES string of the molecule is CCCCCCOc1ccc(CCB(O)O)cc1. The van der Waals surface area contributed by atoms with Gasteiger partial charge in [-0.2, -0.15) is 0 Å². The largest absolute Gasteiger partial charge is 0.494 e. The van der Waals surface area contributed by atoms with Gasteiger partial charge >= 0.3 is 7.12 Å². The lowest BCUT2D eigenvalue weighted by Crippen LogP contribution is -2.11. The number of ether oxygens (including phenoxy) is 1. The molecular formula is C14H23BO3. The lowest BCUT2D eigenvalue weighted by Gasteiger charge is -2.07. The average Bonchev–Trinajstić information content (AvgIpc) is 2.37. The summed E-state index contributed by atoms with van der Waals surface area (Å²) >= 11 is 0. The maximum atomic E-state index is 8.79. The van der Waals surface area contributed by atoms with Gasteiger partial charge in [0, 0.05) is 0 Å². The number of hydrogen-bond acceptors (Lipinski definition) is 3. The number of hydrogen-bond donors (Lipinski definition) is 2. The number of rotatable bonds is 9. The van der Waals surface area contributed by atoms with Crippen molar-refractivity contribution in [3.8, 4) is 5.75 Å². The quantitative estimate of drug-likeness (QED) is 0.523. The van der Waals surface area contributed by atoms with E-state index in [0.29, 0.717) is 12.7 Å². The monoisotopic (exact) mass is 250 g/mol. The van der Waals surface area contributed by atoms with E-state index in [1.54, 1.807) is 0 Å². The minimum Gasteiger partial charge on any atom is -0.494 e. The molecule has 0 aliphatic rings. The fraction of sp³-hybridized carbons (Fsp3) is 0.571. The van der Waals surface area contributed by atoms with Gasteiger partial charge in [0.2, 0.25) is 0 Å². The Morgan fingerprint density at radius 3 is 2.39 bits per heavy atom. The third-order valence-corrected chi connectivity index (χ3v) is 2.88. The molecule has 0 spiro atoms. The van der Waals surface area contributed by atoms with Crippen LogP contribution in [0.5, 0.6) is 5.75 Å². The summed E-state index contributed by atoms with van der Waals surface area (Å²) in [6, 6.07) is 7.84. The minimum atomic E-state index is -1.22. The molecule has 0 unspecified atom stereocenters. The molecule has 0 heterocycles. The van der Waals surface area contributed by atoms with Gasteiger partial charge in [-0.1, -0.05) is 38.3 Å². The summed E-state index contributed by atoms with van der Waals surface area (Å²) in [4.78, 5) is 0. The van der Waals surface area contributed by atoms with Crippen LogP contribution in [0.15, 0.2) is 24.3 Å². The molecule has 0 fully saturated rings. The first-order valence-corrected chi connectivity index (χ1v) is 6.80. The van der Waals surface area contributed by atoms with Crippen molar-refractivity contribution < 1.29 is 14.8 Å². The Labute approximate surface area is 110 Å². The first kappa shape index (κ1) is 15.1. The van der Waals surface area contributed by atoms with E-state index in [9.17, 15) is 0 Å². The molecule has 1 aromatic rings. The lowest BCUT2D eigenvalue weighted by atomic mass is 9.83. The normalized spacial score (nSPS) is 10.4. The Morgan fingerprint density at radius 2 is 1.78 bits per heavy atom. The summed E-state index contributed by atoms with van der Waals surface area (Å²) in [6.45, 7) is 2.97. The lowest BCUT2D eigenvalue weighted by molar-refractivity contribution is 0.305. The van der Waals surface area contributed by atoms with Gasteiger partial charge in [0.05, 0.1) is 6.61 Å². The summed E-state index contributed by atoms with van der Waals surface area (Å²) in [5.74, 6) is 0.889. The van der Waals surface area contributed by atoms with Crippen LogP contribution in [0.4, 0.5) is 0 Å². The van der Waals surface area contributed by atoms with Gasteiger partial charge in [0.25, 0.3) is 0 Å². The first-order valence-electron chi connectivity index (χ1n) is 6.80. The van der Waals surface area contributed by atoms with Gasteiger partial charge in [0.15, 0.2) is 0 Å². The van der Waals surface area contributed by atoms with Crippen molar-refractivity contribution in [1.82, 2.24) is 0 Å². The Bertz CT molecular complexity index is 311. The van der Waals surface area contributed by atoms with E-state index in [1.165, 1.54) is 19.3 Å². The molecule has 1 rings (SSSR count).